The first-order valence-corrected chi connectivity index (χ1v) is 5.11. The lowest BCUT2D eigenvalue weighted by atomic mass is 10.2. The molecule has 0 spiro atoms. The van der Waals surface area contributed by atoms with Crippen LogP contribution in [0.15, 0.2) is 24.5 Å². The van der Waals surface area contributed by atoms with E-state index in [9.17, 15) is 5.11 Å². The van der Waals surface area contributed by atoms with E-state index in [0.29, 0.717) is 12.2 Å². The number of aromatic nitrogens is 4. The highest BCUT2D eigenvalue weighted by Gasteiger charge is 2.13. The van der Waals surface area contributed by atoms with Crippen LogP contribution in [0, 0.1) is 6.92 Å². The number of aliphatic hydroxyl groups is 1. The van der Waals surface area contributed by atoms with Gasteiger partial charge in [0.15, 0.2) is 5.82 Å². The topological polar surface area (TPSA) is 63.8 Å². The molecule has 0 radical (unpaired) electrons. The molecule has 1 unspecified atom stereocenters. The standard InChI is InChI=1S/C11H14N4O/c1-8-6-9(15(2)14-8)7-10(16)11-12-4-3-5-13-11/h3-6,10,16H,7H2,1-2H3. The van der Waals surface area contributed by atoms with E-state index >= 15 is 0 Å². The van der Waals surface area contributed by atoms with E-state index in [1.165, 1.54) is 0 Å². The molecule has 2 aromatic heterocycles. The summed E-state index contributed by atoms with van der Waals surface area (Å²) in [6, 6.07) is 3.68. The Balaban J connectivity index is 2.14. The number of nitrogens with zero attached hydrogens (tertiary/aromatic N) is 4. The zero-order valence-electron chi connectivity index (χ0n) is 9.33. The van der Waals surface area contributed by atoms with Gasteiger partial charge in [-0.3, -0.25) is 4.68 Å². The van der Waals surface area contributed by atoms with Crippen molar-refractivity contribution in [3.8, 4) is 0 Å². The molecule has 2 aromatic rings. The predicted octanol–water partition coefficient (Wildman–Crippen LogP) is 0.795. The summed E-state index contributed by atoms with van der Waals surface area (Å²) in [7, 11) is 1.86. The van der Waals surface area contributed by atoms with E-state index < -0.39 is 6.10 Å². The highest BCUT2D eigenvalue weighted by molar-refractivity contribution is 5.11. The molecule has 0 amide bonds. The Kier molecular flexibility index (Phi) is 2.96. The van der Waals surface area contributed by atoms with Crippen molar-refractivity contribution in [2.45, 2.75) is 19.4 Å². The van der Waals surface area contributed by atoms with Gasteiger partial charge in [-0.05, 0) is 19.1 Å². The lowest BCUT2D eigenvalue weighted by Crippen LogP contribution is -2.09. The summed E-state index contributed by atoms with van der Waals surface area (Å²) in [5.74, 6) is 0.446. The maximum atomic E-state index is 9.94. The minimum atomic E-state index is -0.684. The molecule has 0 fully saturated rings. The van der Waals surface area contributed by atoms with Crippen LogP contribution < -0.4 is 0 Å². The van der Waals surface area contributed by atoms with Crippen LogP contribution in [-0.4, -0.2) is 24.9 Å². The Morgan fingerprint density at radius 3 is 2.62 bits per heavy atom. The normalized spacial score (nSPS) is 12.7. The number of hydrogen-bond acceptors (Lipinski definition) is 4. The second kappa shape index (κ2) is 4.40. The molecule has 0 saturated heterocycles. The molecular formula is C11H14N4O. The van der Waals surface area contributed by atoms with Gasteiger partial charge in [0.25, 0.3) is 0 Å². The lowest BCUT2D eigenvalue weighted by Gasteiger charge is -2.08. The first-order chi connectivity index (χ1) is 7.66. The number of rotatable bonds is 3. The van der Waals surface area contributed by atoms with Gasteiger partial charge in [0.1, 0.15) is 6.10 Å². The Morgan fingerprint density at radius 2 is 2.06 bits per heavy atom. The third-order valence-electron chi connectivity index (χ3n) is 2.39. The van der Waals surface area contributed by atoms with Gasteiger partial charge in [0.2, 0.25) is 0 Å². The third kappa shape index (κ3) is 2.25. The van der Waals surface area contributed by atoms with E-state index in [1.54, 1.807) is 23.1 Å². The molecule has 84 valence electrons. The van der Waals surface area contributed by atoms with Crippen LogP contribution in [0.4, 0.5) is 0 Å². The molecule has 2 heterocycles. The molecule has 2 rings (SSSR count). The third-order valence-corrected chi connectivity index (χ3v) is 2.39. The second-order valence-electron chi connectivity index (χ2n) is 3.73. The van der Waals surface area contributed by atoms with Crippen LogP contribution >= 0.6 is 0 Å². The van der Waals surface area contributed by atoms with Gasteiger partial charge < -0.3 is 5.11 Å². The van der Waals surface area contributed by atoms with Crippen molar-refractivity contribution in [2.75, 3.05) is 0 Å². The van der Waals surface area contributed by atoms with Crippen LogP contribution in [-0.2, 0) is 13.5 Å². The highest BCUT2D eigenvalue weighted by Crippen LogP contribution is 2.14. The smallest absolute Gasteiger partial charge is 0.157 e. The minimum absolute atomic E-state index is 0.446. The molecule has 0 aromatic carbocycles. The van der Waals surface area contributed by atoms with Gasteiger partial charge in [0, 0.05) is 31.6 Å². The van der Waals surface area contributed by atoms with E-state index in [2.05, 4.69) is 15.1 Å². The molecule has 0 aliphatic heterocycles. The summed E-state index contributed by atoms with van der Waals surface area (Å²) in [6.45, 7) is 1.93. The summed E-state index contributed by atoms with van der Waals surface area (Å²) in [5.41, 5.74) is 1.91. The van der Waals surface area contributed by atoms with E-state index in [0.717, 1.165) is 11.4 Å². The molecule has 0 bridgehead atoms. The zero-order chi connectivity index (χ0) is 11.5. The van der Waals surface area contributed by atoms with Crippen molar-refractivity contribution in [2.24, 2.45) is 7.05 Å². The van der Waals surface area contributed by atoms with Crippen LogP contribution in [0.1, 0.15) is 23.3 Å². The minimum Gasteiger partial charge on any atom is -0.385 e. The molecule has 0 aliphatic carbocycles. The quantitative estimate of drug-likeness (QED) is 0.827. The monoisotopic (exact) mass is 218 g/mol. The van der Waals surface area contributed by atoms with Crippen molar-refractivity contribution in [1.82, 2.24) is 19.7 Å². The Morgan fingerprint density at radius 1 is 1.38 bits per heavy atom. The highest BCUT2D eigenvalue weighted by atomic mass is 16.3. The van der Waals surface area contributed by atoms with Gasteiger partial charge in [-0.15, -0.1) is 0 Å². The van der Waals surface area contributed by atoms with E-state index in [1.807, 2.05) is 20.0 Å². The molecule has 16 heavy (non-hydrogen) atoms. The maximum Gasteiger partial charge on any atom is 0.157 e. The number of hydrogen-bond donors (Lipinski definition) is 1. The van der Waals surface area contributed by atoms with Gasteiger partial charge in [-0.1, -0.05) is 0 Å². The molecule has 1 atom stereocenters. The van der Waals surface area contributed by atoms with Gasteiger partial charge >= 0.3 is 0 Å². The Hall–Kier alpha value is -1.75. The molecule has 1 N–H and O–H groups in total. The molecule has 0 aliphatic rings. The summed E-state index contributed by atoms with van der Waals surface area (Å²) < 4.78 is 1.77. The van der Waals surface area contributed by atoms with Gasteiger partial charge in [-0.25, -0.2) is 9.97 Å². The number of aryl methyl sites for hydroxylation is 2. The van der Waals surface area contributed by atoms with Crippen molar-refractivity contribution in [3.05, 3.63) is 41.7 Å². The first-order valence-electron chi connectivity index (χ1n) is 5.11. The molecular weight excluding hydrogens is 204 g/mol. The van der Waals surface area contributed by atoms with Crippen LogP contribution in [0.3, 0.4) is 0 Å². The van der Waals surface area contributed by atoms with Gasteiger partial charge in [-0.2, -0.15) is 5.10 Å². The van der Waals surface area contributed by atoms with Crippen LogP contribution in [0.5, 0.6) is 0 Å². The maximum absolute atomic E-state index is 9.94. The summed E-state index contributed by atoms with van der Waals surface area (Å²) in [5, 5.41) is 14.2. The molecule has 5 nitrogen and oxygen atoms in total. The van der Waals surface area contributed by atoms with E-state index in [4.69, 9.17) is 0 Å². The average molecular weight is 218 g/mol. The molecule has 0 saturated carbocycles. The van der Waals surface area contributed by atoms with E-state index in [-0.39, 0.29) is 0 Å². The lowest BCUT2D eigenvalue weighted by molar-refractivity contribution is 0.165. The summed E-state index contributed by atoms with van der Waals surface area (Å²) >= 11 is 0. The fourth-order valence-electron chi connectivity index (χ4n) is 1.63. The number of aliphatic hydroxyl groups excluding tert-OH is 1. The predicted molar refractivity (Wildman–Crippen MR) is 58.6 cm³/mol. The van der Waals surface area contributed by atoms with Crippen molar-refractivity contribution in [3.63, 3.8) is 0 Å². The first kappa shape index (κ1) is 10.8. The Labute approximate surface area is 93.8 Å². The summed E-state index contributed by atoms with van der Waals surface area (Å²) in [6.07, 6.45) is 3.04. The fourth-order valence-corrected chi connectivity index (χ4v) is 1.63. The van der Waals surface area contributed by atoms with Crippen LogP contribution in [0.25, 0.3) is 0 Å². The SMILES string of the molecule is Cc1cc(CC(O)c2ncccn2)n(C)n1. The fraction of sp³-hybridized carbons (Fsp3) is 0.364. The largest absolute Gasteiger partial charge is 0.385 e. The summed E-state index contributed by atoms with van der Waals surface area (Å²) in [4.78, 5) is 8.04. The molecule has 5 heteroatoms. The van der Waals surface area contributed by atoms with Crippen molar-refractivity contribution in [1.29, 1.82) is 0 Å². The zero-order valence-corrected chi connectivity index (χ0v) is 9.33. The van der Waals surface area contributed by atoms with Crippen molar-refractivity contribution >= 4 is 0 Å². The van der Waals surface area contributed by atoms with Crippen LogP contribution in [0.2, 0.25) is 0 Å². The Bertz CT molecular complexity index is 466. The van der Waals surface area contributed by atoms with Crippen molar-refractivity contribution < 1.29 is 5.11 Å². The average Bonchev–Trinajstić information content (AvgIpc) is 2.59. The second-order valence-corrected chi connectivity index (χ2v) is 3.73. The van der Waals surface area contributed by atoms with Gasteiger partial charge in [0.05, 0.1) is 5.69 Å².